The molecule has 3 heteroatoms. The first-order chi connectivity index (χ1) is 8.88. The van der Waals surface area contributed by atoms with E-state index in [-0.39, 0.29) is 0 Å². The van der Waals surface area contributed by atoms with Crippen LogP contribution in [-0.2, 0) is 6.54 Å². The molecule has 0 spiro atoms. The molecule has 1 saturated heterocycles. The van der Waals surface area contributed by atoms with Crippen LogP contribution in [0.1, 0.15) is 24.8 Å². The zero-order valence-corrected chi connectivity index (χ0v) is 11.2. The van der Waals surface area contributed by atoms with Gasteiger partial charge in [0.2, 0.25) is 0 Å². The molecule has 2 rings (SSSR count). The fraction of sp³-hybridized carbons (Fsp3) is 0.600. The molecule has 0 aliphatic carbocycles. The fourth-order valence-corrected chi connectivity index (χ4v) is 2.45. The number of rotatable bonds is 6. The second kappa shape index (κ2) is 7.39. The van der Waals surface area contributed by atoms with Crippen LogP contribution in [0.3, 0.4) is 0 Å². The van der Waals surface area contributed by atoms with Gasteiger partial charge in [-0.2, -0.15) is 0 Å². The van der Waals surface area contributed by atoms with Crippen molar-refractivity contribution in [1.29, 1.82) is 0 Å². The van der Waals surface area contributed by atoms with Crippen molar-refractivity contribution >= 4 is 0 Å². The molecule has 0 saturated carbocycles. The van der Waals surface area contributed by atoms with Crippen LogP contribution >= 0.6 is 0 Å². The smallest absolute Gasteiger partial charge is 0.118 e. The molecule has 18 heavy (non-hydrogen) atoms. The maximum absolute atomic E-state index is 5.15. The lowest BCUT2D eigenvalue weighted by Gasteiger charge is -2.22. The summed E-state index contributed by atoms with van der Waals surface area (Å²) in [5.41, 5.74) is 1.32. The number of hydrogen-bond acceptors (Lipinski definition) is 3. The quantitative estimate of drug-likeness (QED) is 0.757. The molecule has 1 unspecified atom stereocenters. The lowest BCUT2D eigenvalue weighted by molar-refractivity contribution is 0.352. The minimum atomic E-state index is 0.863. The summed E-state index contributed by atoms with van der Waals surface area (Å²) >= 11 is 0. The number of benzene rings is 1. The molecule has 0 bridgehead atoms. The van der Waals surface area contributed by atoms with Crippen molar-refractivity contribution in [2.75, 3.05) is 26.7 Å². The summed E-state index contributed by atoms with van der Waals surface area (Å²) in [6, 6.07) is 8.27. The van der Waals surface area contributed by atoms with E-state index in [1.165, 1.54) is 37.9 Å². The predicted molar refractivity (Wildman–Crippen MR) is 74.9 cm³/mol. The molecular weight excluding hydrogens is 224 g/mol. The van der Waals surface area contributed by atoms with Crippen molar-refractivity contribution in [3.05, 3.63) is 29.8 Å². The highest BCUT2D eigenvalue weighted by Crippen LogP contribution is 2.13. The second-order valence-electron chi connectivity index (χ2n) is 5.03. The summed E-state index contributed by atoms with van der Waals surface area (Å²) in [6.45, 7) is 4.46. The third-order valence-corrected chi connectivity index (χ3v) is 3.62. The van der Waals surface area contributed by atoms with E-state index >= 15 is 0 Å². The Morgan fingerprint density at radius 1 is 1.33 bits per heavy atom. The van der Waals surface area contributed by atoms with Crippen LogP contribution in [0.2, 0.25) is 0 Å². The van der Waals surface area contributed by atoms with Gasteiger partial charge in [-0.3, -0.25) is 0 Å². The Hall–Kier alpha value is -1.06. The van der Waals surface area contributed by atoms with Gasteiger partial charge in [-0.05, 0) is 62.5 Å². The third kappa shape index (κ3) is 4.31. The van der Waals surface area contributed by atoms with Crippen LogP contribution in [0.4, 0.5) is 0 Å². The minimum absolute atomic E-state index is 0.863. The lowest BCUT2D eigenvalue weighted by atomic mass is 9.96. The van der Waals surface area contributed by atoms with Gasteiger partial charge in [0, 0.05) is 6.54 Å². The van der Waals surface area contributed by atoms with Crippen LogP contribution < -0.4 is 15.4 Å². The van der Waals surface area contributed by atoms with E-state index in [4.69, 9.17) is 4.74 Å². The van der Waals surface area contributed by atoms with Crippen molar-refractivity contribution in [2.24, 2.45) is 5.92 Å². The van der Waals surface area contributed by atoms with Crippen molar-refractivity contribution in [3.8, 4) is 5.75 Å². The molecule has 3 nitrogen and oxygen atoms in total. The van der Waals surface area contributed by atoms with Gasteiger partial charge in [0.05, 0.1) is 7.11 Å². The number of methoxy groups -OCH3 is 1. The first kappa shape index (κ1) is 13.4. The van der Waals surface area contributed by atoms with E-state index in [1.807, 2.05) is 12.1 Å². The SMILES string of the molecule is COc1ccc(CNCCC2CCCNC2)cc1. The first-order valence-corrected chi connectivity index (χ1v) is 6.93. The average molecular weight is 248 g/mol. The summed E-state index contributed by atoms with van der Waals surface area (Å²) < 4.78 is 5.15. The Morgan fingerprint density at radius 2 is 2.17 bits per heavy atom. The monoisotopic (exact) mass is 248 g/mol. The normalized spacial score (nSPS) is 19.7. The second-order valence-corrected chi connectivity index (χ2v) is 5.03. The van der Waals surface area contributed by atoms with Gasteiger partial charge >= 0.3 is 0 Å². The van der Waals surface area contributed by atoms with Gasteiger partial charge in [-0.25, -0.2) is 0 Å². The van der Waals surface area contributed by atoms with Crippen LogP contribution in [0.25, 0.3) is 0 Å². The van der Waals surface area contributed by atoms with Crippen LogP contribution in [0.15, 0.2) is 24.3 Å². The van der Waals surface area contributed by atoms with Gasteiger partial charge in [-0.15, -0.1) is 0 Å². The van der Waals surface area contributed by atoms with Crippen molar-refractivity contribution in [3.63, 3.8) is 0 Å². The van der Waals surface area contributed by atoms with Crippen molar-refractivity contribution < 1.29 is 4.74 Å². The molecule has 1 heterocycles. The molecule has 1 aliphatic heterocycles. The summed E-state index contributed by atoms with van der Waals surface area (Å²) in [7, 11) is 1.70. The van der Waals surface area contributed by atoms with Gasteiger partial charge in [0.25, 0.3) is 0 Å². The van der Waals surface area contributed by atoms with Crippen LogP contribution in [0, 0.1) is 5.92 Å². The van der Waals surface area contributed by atoms with Gasteiger partial charge in [0.1, 0.15) is 5.75 Å². The van der Waals surface area contributed by atoms with Gasteiger partial charge < -0.3 is 15.4 Å². The van der Waals surface area contributed by atoms with Gasteiger partial charge in [-0.1, -0.05) is 12.1 Å². The molecule has 1 fully saturated rings. The summed E-state index contributed by atoms with van der Waals surface area (Å²) in [4.78, 5) is 0. The topological polar surface area (TPSA) is 33.3 Å². The minimum Gasteiger partial charge on any atom is -0.497 e. The predicted octanol–water partition coefficient (Wildman–Crippen LogP) is 2.17. The molecular formula is C15H24N2O. The Kier molecular flexibility index (Phi) is 5.49. The molecule has 1 aliphatic rings. The summed E-state index contributed by atoms with van der Waals surface area (Å²) in [5.74, 6) is 1.79. The average Bonchev–Trinajstić information content (AvgIpc) is 2.45. The fourth-order valence-electron chi connectivity index (χ4n) is 2.45. The maximum Gasteiger partial charge on any atom is 0.118 e. The van der Waals surface area contributed by atoms with Crippen molar-refractivity contribution in [2.45, 2.75) is 25.8 Å². The zero-order chi connectivity index (χ0) is 12.6. The Bertz CT molecular complexity index is 331. The molecule has 100 valence electrons. The standard InChI is InChI=1S/C15H24N2O/c1-18-15-6-4-14(5-7-15)12-17-10-8-13-3-2-9-16-11-13/h4-7,13,16-17H,2-3,8-12H2,1H3. The highest BCUT2D eigenvalue weighted by atomic mass is 16.5. The lowest BCUT2D eigenvalue weighted by Crippen LogP contribution is -2.31. The van der Waals surface area contributed by atoms with E-state index in [2.05, 4.69) is 22.8 Å². The molecule has 1 aromatic carbocycles. The first-order valence-electron chi connectivity index (χ1n) is 6.93. The van der Waals surface area contributed by atoms with Crippen LogP contribution in [0.5, 0.6) is 5.75 Å². The molecule has 2 N–H and O–H groups in total. The highest BCUT2D eigenvalue weighted by Gasteiger charge is 2.11. The molecule has 0 radical (unpaired) electrons. The number of nitrogens with one attached hydrogen (secondary N) is 2. The van der Waals surface area contributed by atoms with Gasteiger partial charge in [0.15, 0.2) is 0 Å². The molecule has 0 amide bonds. The third-order valence-electron chi connectivity index (χ3n) is 3.62. The largest absolute Gasteiger partial charge is 0.497 e. The summed E-state index contributed by atoms with van der Waals surface area (Å²) in [6.07, 6.45) is 4.00. The van der Waals surface area contributed by atoms with Crippen molar-refractivity contribution in [1.82, 2.24) is 10.6 Å². The maximum atomic E-state index is 5.15. The Morgan fingerprint density at radius 3 is 2.83 bits per heavy atom. The highest BCUT2D eigenvalue weighted by molar-refractivity contribution is 5.26. The van der Waals surface area contributed by atoms with Crippen LogP contribution in [-0.4, -0.2) is 26.7 Å². The van der Waals surface area contributed by atoms with E-state index < -0.39 is 0 Å². The summed E-state index contributed by atoms with van der Waals surface area (Å²) in [5, 5.41) is 6.98. The molecule has 1 aromatic rings. The number of ether oxygens (including phenoxy) is 1. The number of piperidine rings is 1. The van der Waals surface area contributed by atoms with E-state index in [1.54, 1.807) is 7.11 Å². The Balaban J connectivity index is 1.62. The number of hydrogen-bond donors (Lipinski definition) is 2. The Labute approximate surface area is 110 Å². The molecule has 1 atom stereocenters. The zero-order valence-electron chi connectivity index (χ0n) is 11.2. The van der Waals surface area contributed by atoms with E-state index in [0.717, 1.165) is 24.8 Å². The molecule has 0 aromatic heterocycles. The van der Waals surface area contributed by atoms with E-state index in [9.17, 15) is 0 Å². The van der Waals surface area contributed by atoms with E-state index in [0.29, 0.717) is 0 Å².